The molecule has 3 aromatic rings. The van der Waals surface area contributed by atoms with E-state index in [1.54, 1.807) is 23.1 Å². The zero-order chi connectivity index (χ0) is 25.9. The van der Waals surface area contributed by atoms with Crippen molar-refractivity contribution in [2.75, 3.05) is 17.8 Å². The van der Waals surface area contributed by atoms with Crippen molar-refractivity contribution in [2.45, 2.75) is 57.5 Å². The Balaban J connectivity index is 1.42. The highest BCUT2D eigenvalue weighted by Crippen LogP contribution is 2.24. The molecule has 4 rings (SSSR count). The molecule has 1 aliphatic rings. The van der Waals surface area contributed by atoms with Gasteiger partial charge >= 0.3 is 6.09 Å². The highest BCUT2D eigenvalue weighted by molar-refractivity contribution is 7.92. The van der Waals surface area contributed by atoms with E-state index in [1.807, 2.05) is 45.0 Å². The normalized spacial score (nSPS) is 14.1. The number of carbonyl (C=O) groups is 1. The molecule has 1 aliphatic heterocycles. The molecule has 0 radical (unpaired) electrons. The summed E-state index contributed by atoms with van der Waals surface area (Å²) in [6.07, 6.45) is 1.77. The Morgan fingerprint density at radius 3 is 2.08 bits per heavy atom. The largest absolute Gasteiger partial charge is 0.444 e. The minimum Gasteiger partial charge on any atom is -0.444 e. The van der Waals surface area contributed by atoms with Crippen molar-refractivity contribution >= 4 is 21.8 Å². The zero-order valence-electron chi connectivity index (χ0n) is 21.4. The fourth-order valence-electron chi connectivity index (χ4n) is 4.24. The molecule has 0 aromatic heterocycles. The van der Waals surface area contributed by atoms with Crippen molar-refractivity contribution in [3.63, 3.8) is 0 Å². The molecule has 6 nitrogen and oxygen atoms in total. The Hall–Kier alpha value is -3.32. The van der Waals surface area contributed by atoms with E-state index in [4.69, 9.17) is 4.74 Å². The van der Waals surface area contributed by atoms with Crippen LogP contribution in [0.3, 0.4) is 0 Å². The SMILES string of the molecule is Cc1ccc(Cc2ccc(S(=O)(=O)Nc3ccc4c(c3)CCN(C(=O)OC(C)(C)C)CC4)cc2)cc1. The first kappa shape index (κ1) is 25.8. The lowest BCUT2D eigenvalue weighted by Crippen LogP contribution is -2.38. The number of fused-ring (bicyclic) bond motifs is 1. The van der Waals surface area contributed by atoms with Gasteiger partial charge in [0.2, 0.25) is 0 Å². The van der Waals surface area contributed by atoms with E-state index >= 15 is 0 Å². The quantitative estimate of drug-likeness (QED) is 0.480. The summed E-state index contributed by atoms with van der Waals surface area (Å²) < 4.78 is 34.3. The van der Waals surface area contributed by atoms with Crippen molar-refractivity contribution in [3.8, 4) is 0 Å². The Morgan fingerprint density at radius 1 is 0.889 bits per heavy atom. The fourth-order valence-corrected chi connectivity index (χ4v) is 5.29. The van der Waals surface area contributed by atoms with Crippen LogP contribution in [0.5, 0.6) is 0 Å². The average Bonchev–Trinajstić information content (AvgIpc) is 3.02. The molecule has 0 atom stereocenters. The third-order valence-corrected chi connectivity index (χ3v) is 7.57. The number of carbonyl (C=O) groups excluding carboxylic acids is 1. The minimum atomic E-state index is -3.72. The van der Waals surface area contributed by atoms with E-state index < -0.39 is 15.6 Å². The molecule has 0 saturated carbocycles. The molecule has 0 fully saturated rings. The third-order valence-electron chi connectivity index (χ3n) is 6.17. The van der Waals surface area contributed by atoms with E-state index in [2.05, 4.69) is 35.9 Å². The maximum atomic E-state index is 13.0. The molecule has 0 saturated heterocycles. The summed E-state index contributed by atoms with van der Waals surface area (Å²) in [6.45, 7) is 8.72. The molecule has 190 valence electrons. The third kappa shape index (κ3) is 6.66. The van der Waals surface area contributed by atoms with Crippen LogP contribution >= 0.6 is 0 Å². The summed E-state index contributed by atoms with van der Waals surface area (Å²) in [5, 5.41) is 0. The topological polar surface area (TPSA) is 75.7 Å². The first-order chi connectivity index (χ1) is 17.0. The van der Waals surface area contributed by atoms with Crippen LogP contribution < -0.4 is 4.72 Å². The number of rotatable bonds is 5. The summed E-state index contributed by atoms with van der Waals surface area (Å²) in [6, 6.07) is 20.9. The molecule has 36 heavy (non-hydrogen) atoms. The molecular formula is C29H34N2O4S. The Kier molecular flexibility index (Phi) is 7.41. The molecule has 0 bridgehead atoms. The molecule has 1 N–H and O–H groups in total. The van der Waals surface area contributed by atoms with Crippen molar-refractivity contribution in [1.82, 2.24) is 4.90 Å². The van der Waals surface area contributed by atoms with Crippen LogP contribution in [0, 0.1) is 6.92 Å². The number of hydrogen-bond donors (Lipinski definition) is 1. The van der Waals surface area contributed by atoms with Gasteiger partial charge in [-0.15, -0.1) is 0 Å². The van der Waals surface area contributed by atoms with Crippen LogP contribution in [0.15, 0.2) is 71.6 Å². The van der Waals surface area contributed by atoms with Gasteiger partial charge in [-0.05, 0) is 93.5 Å². The molecule has 1 amide bonds. The number of ether oxygens (including phenoxy) is 1. The first-order valence-corrected chi connectivity index (χ1v) is 13.7. The second-order valence-corrected chi connectivity index (χ2v) is 12.0. The second kappa shape index (κ2) is 10.3. The molecule has 1 heterocycles. The van der Waals surface area contributed by atoms with Crippen LogP contribution in [0.25, 0.3) is 0 Å². The van der Waals surface area contributed by atoms with Crippen molar-refractivity contribution in [1.29, 1.82) is 0 Å². The number of sulfonamides is 1. The summed E-state index contributed by atoms with van der Waals surface area (Å²) in [4.78, 5) is 14.4. The van der Waals surface area contributed by atoms with E-state index in [1.165, 1.54) is 11.1 Å². The highest BCUT2D eigenvalue weighted by Gasteiger charge is 2.24. The summed E-state index contributed by atoms with van der Waals surface area (Å²) >= 11 is 0. The highest BCUT2D eigenvalue weighted by atomic mass is 32.2. The number of nitrogens with zero attached hydrogens (tertiary/aromatic N) is 1. The van der Waals surface area contributed by atoms with Crippen LogP contribution in [-0.4, -0.2) is 38.1 Å². The van der Waals surface area contributed by atoms with Gasteiger partial charge in [0.1, 0.15) is 5.60 Å². The van der Waals surface area contributed by atoms with Crippen molar-refractivity contribution in [2.24, 2.45) is 0 Å². The number of hydrogen-bond acceptors (Lipinski definition) is 4. The Morgan fingerprint density at radius 2 is 1.47 bits per heavy atom. The summed E-state index contributed by atoms with van der Waals surface area (Å²) in [5.41, 5.74) is 5.58. The lowest BCUT2D eigenvalue weighted by atomic mass is 10.0. The van der Waals surface area contributed by atoms with Gasteiger partial charge in [-0.1, -0.05) is 48.0 Å². The van der Waals surface area contributed by atoms with Crippen LogP contribution in [-0.2, 0) is 34.0 Å². The van der Waals surface area contributed by atoms with Gasteiger partial charge in [-0.3, -0.25) is 4.72 Å². The fraction of sp³-hybridized carbons (Fsp3) is 0.345. The molecule has 0 aliphatic carbocycles. The maximum Gasteiger partial charge on any atom is 0.410 e. The van der Waals surface area contributed by atoms with Gasteiger partial charge < -0.3 is 9.64 Å². The standard InChI is InChI=1S/C29H34N2O4S/c1-21-5-7-22(8-6-21)19-23-9-13-27(14-10-23)36(33,34)30-26-12-11-24-15-17-31(18-16-25(24)20-26)28(32)35-29(2,3)4/h5-14,20,30H,15-19H2,1-4H3. The minimum absolute atomic E-state index is 0.223. The smallest absolute Gasteiger partial charge is 0.410 e. The van der Waals surface area contributed by atoms with Gasteiger partial charge in [-0.2, -0.15) is 0 Å². The lowest BCUT2D eigenvalue weighted by molar-refractivity contribution is 0.0258. The van der Waals surface area contributed by atoms with Gasteiger partial charge in [-0.25, -0.2) is 13.2 Å². The average molecular weight is 507 g/mol. The van der Waals surface area contributed by atoms with Gasteiger partial charge in [0.15, 0.2) is 0 Å². The van der Waals surface area contributed by atoms with E-state index in [9.17, 15) is 13.2 Å². The van der Waals surface area contributed by atoms with Crippen LogP contribution in [0.1, 0.15) is 48.6 Å². The number of amides is 1. The number of benzene rings is 3. The Labute approximate surface area is 214 Å². The number of nitrogens with one attached hydrogen (secondary N) is 1. The maximum absolute atomic E-state index is 13.0. The van der Waals surface area contributed by atoms with Crippen LogP contribution in [0.4, 0.5) is 10.5 Å². The van der Waals surface area contributed by atoms with Gasteiger partial charge in [0, 0.05) is 18.8 Å². The monoisotopic (exact) mass is 506 g/mol. The van der Waals surface area contributed by atoms with Crippen molar-refractivity contribution in [3.05, 3.63) is 94.5 Å². The zero-order valence-corrected chi connectivity index (χ0v) is 22.2. The molecule has 0 unspecified atom stereocenters. The predicted octanol–water partition coefficient (Wildman–Crippen LogP) is 5.72. The van der Waals surface area contributed by atoms with Crippen LogP contribution in [0.2, 0.25) is 0 Å². The predicted molar refractivity (Wildman–Crippen MR) is 143 cm³/mol. The molecule has 0 spiro atoms. The first-order valence-electron chi connectivity index (χ1n) is 12.3. The molecular weight excluding hydrogens is 472 g/mol. The second-order valence-electron chi connectivity index (χ2n) is 10.4. The molecule has 7 heteroatoms. The van der Waals surface area contributed by atoms with Crippen molar-refractivity contribution < 1.29 is 17.9 Å². The Bertz CT molecular complexity index is 1330. The summed E-state index contributed by atoms with van der Waals surface area (Å²) in [5.74, 6) is 0. The van der Waals surface area contributed by atoms with E-state index in [0.717, 1.165) is 23.1 Å². The van der Waals surface area contributed by atoms with Gasteiger partial charge in [0.25, 0.3) is 10.0 Å². The molecule has 3 aromatic carbocycles. The van der Waals surface area contributed by atoms with Gasteiger partial charge in [0.05, 0.1) is 4.90 Å². The van der Waals surface area contributed by atoms with E-state index in [-0.39, 0.29) is 11.0 Å². The number of anilines is 1. The summed E-state index contributed by atoms with van der Waals surface area (Å²) in [7, 11) is -3.72. The lowest BCUT2D eigenvalue weighted by Gasteiger charge is -2.26. The number of aryl methyl sites for hydroxylation is 1. The van der Waals surface area contributed by atoms with E-state index in [0.29, 0.717) is 31.6 Å².